The first-order chi connectivity index (χ1) is 15.0. The molecule has 3 amide bonds. The third kappa shape index (κ3) is 4.44. The van der Waals surface area contributed by atoms with Crippen molar-refractivity contribution in [2.24, 2.45) is 0 Å². The van der Waals surface area contributed by atoms with Gasteiger partial charge in [0, 0.05) is 30.5 Å². The summed E-state index contributed by atoms with van der Waals surface area (Å²) in [6.45, 7) is 3.71. The molecule has 1 spiro atoms. The molecule has 2 aliphatic rings. The number of nitrogens with zero attached hydrogens (tertiary/aromatic N) is 2. The van der Waals surface area contributed by atoms with Crippen LogP contribution in [0.25, 0.3) is 0 Å². The summed E-state index contributed by atoms with van der Waals surface area (Å²) in [5, 5.41) is 2.95. The summed E-state index contributed by atoms with van der Waals surface area (Å²) >= 11 is 1.68. The minimum Gasteiger partial charge on any atom is -0.497 e. The van der Waals surface area contributed by atoms with Crippen LogP contribution in [0, 0.1) is 0 Å². The molecule has 4 rings (SSSR count). The van der Waals surface area contributed by atoms with E-state index in [-0.39, 0.29) is 16.8 Å². The highest BCUT2D eigenvalue weighted by molar-refractivity contribution is 8.02. The highest BCUT2D eigenvalue weighted by Crippen LogP contribution is 2.47. The molecule has 7 nitrogen and oxygen atoms in total. The number of nitrogens with one attached hydrogen (secondary N) is 1. The van der Waals surface area contributed by atoms with Gasteiger partial charge in [0.2, 0.25) is 5.91 Å². The molecule has 2 aliphatic heterocycles. The van der Waals surface area contributed by atoms with Crippen molar-refractivity contribution in [3.05, 3.63) is 48.5 Å². The Hall–Kier alpha value is -2.87. The lowest BCUT2D eigenvalue weighted by Crippen LogP contribution is -2.53. The minimum absolute atomic E-state index is 0.102. The zero-order valence-electron chi connectivity index (χ0n) is 17.8. The normalized spacial score (nSPS) is 17.7. The summed E-state index contributed by atoms with van der Waals surface area (Å²) in [5.74, 6) is 2.06. The van der Waals surface area contributed by atoms with Crippen molar-refractivity contribution >= 4 is 35.1 Å². The van der Waals surface area contributed by atoms with E-state index in [1.165, 1.54) is 0 Å². The van der Waals surface area contributed by atoms with Crippen LogP contribution < -0.4 is 19.7 Å². The van der Waals surface area contributed by atoms with E-state index in [9.17, 15) is 9.59 Å². The first-order valence-corrected chi connectivity index (χ1v) is 11.4. The molecule has 0 aromatic heterocycles. The largest absolute Gasteiger partial charge is 0.497 e. The number of hydrogen-bond acceptors (Lipinski definition) is 5. The van der Waals surface area contributed by atoms with Crippen molar-refractivity contribution in [2.45, 2.75) is 24.6 Å². The van der Waals surface area contributed by atoms with Crippen LogP contribution in [0.3, 0.4) is 0 Å². The standard InChI is InChI=1S/C23H27N3O4S/c1-3-30-19-9-7-17(8-10-19)24-22(28)25-13-11-23(12-14-25)26(21(27)16-31-23)18-5-4-6-20(15-18)29-2/h4-10,15H,3,11-14,16H2,1-2H3,(H,24,28). The molecular weight excluding hydrogens is 414 g/mol. The van der Waals surface area contributed by atoms with Crippen LogP contribution in [0.4, 0.5) is 16.2 Å². The Labute approximate surface area is 186 Å². The highest BCUT2D eigenvalue weighted by Gasteiger charge is 2.49. The second kappa shape index (κ2) is 9.09. The Bertz CT molecular complexity index is 942. The molecule has 0 saturated carbocycles. The molecule has 2 heterocycles. The van der Waals surface area contributed by atoms with Gasteiger partial charge in [0.25, 0.3) is 0 Å². The fraction of sp³-hybridized carbons (Fsp3) is 0.391. The first-order valence-electron chi connectivity index (χ1n) is 10.4. The predicted octanol–water partition coefficient (Wildman–Crippen LogP) is 4.20. The number of methoxy groups -OCH3 is 1. The van der Waals surface area contributed by atoms with Crippen LogP contribution in [-0.4, -0.2) is 54.3 Å². The zero-order chi connectivity index (χ0) is 21.8. The summed E-state index contributed by atoms with van der Waals surface area (Å²) in [7, 11) is 1.62. The summed E-state index contributed by atoms with van der Waals surface area (Å²) in [6.07, 6.45) is 1.44. The fourth-order valence-corrected chi connectivity index (χ4v) is 5.44. The van der Waals surface area contributed by atoms with Gasteiger partial charge in [-0.05, 0) is 56.2 Å². The summed E-state index contributed by atoms with van der Waals surface area (Å²) in [6, 6.07) is 14.9. The van der Waals surface area contributed by atoms with Gasteiger partial charge < -0.3 is 19.7 Å². The summed E-state index contributed by atoms with van der Waals surface area (Å²) < 4.78 is 10.8. The zero-order valence-corrected chi connectivity index (χ0v) is 18.6. The monoisotopic (exact) mass is 441 g/mol. The number of thioether (sulfide) groups is 1. The number of amides is 3. The quantitative estimate of drug-likeness (QED) is 0.753. The lowest BCUT2D eigenvalue weighted by Gasteiger charge is -2.43. The molecule has 2 fully saturated rings. The van der Waals surface area contributed by atoms with Crippen LogP contribution >= 0.6 is 11.8 Å². The van der Waals surface area contributed by atoms with Crippen LogP contribution in [0.1, 0.15) is 19.8 Å². The lowest BCUT2D eigenvalue weighted by molar-refractivity contribution is -0.116. The van der Waals surface area contributed by atoms with Crippen LogP contribution in [0.2, 0.25) is 0 Å². The van der Waals surface area contributed by atoms with E-state index in [2.05, 4.69) is 5.32 Å². The maximum atomic E-state index is 12.8. The average Bonchev–Trinajstić information content (AvgIpc) is 3.11. The Morgan fingerprint density at radius 2 is 1.87 bits per heavy atom. The number of ether oxygens (including phenoxy) is 2. The number of rotatable bonds is 5. The van der Waals surface area contributed by atoms with Crippen molar-refractivity contribution < 1.29 is 19.1 Å². The van der Waals surface area contributed by atoms with Crippen LogP contribution in [0.15, 0.2) is 48.5 Å². The molecule has 0 radical (unpaired) electrons. The Balaban J connectivity index is 1.41. The van der Waals surface area contributed by atoms with Gasteiger partial charge in [0.1, 0.15) is 11.5 Å². The lowest BCUT2D eigenvalue weighted by atomic mass is 10.0. The third-order valence-electron chi connectivity index (χ3n) is 5.68. The van der Waals surface area contributed by atoms with Gasteiger partial charge in [0.15, 0.2) is 0 Å². The fourth-order valence-electron chi connectivity index (χ4n) is 4.11. The molecule has 164 valence electrons. The molecule has 0 unspecified atom stereocenters. The molecule has 0 bridgehead atoms. The molecular formula is C23H27N3O4S. The molecule has 1 N–H and O–H groups in total. The maximum Gasteiger partial charge on any atom is 0.321 e. The van der Waals surface area contributed by atoms with E-state index in [1.807, 2.05) is 65.3 Å². The molecule has 8 heteroatoms. The van der Waals surface area contributed by atoms with E-state index in [4.69, 9.17) is 9.47 Å². The molecule has 0 aliphatic carbocycles. The summed E-state index contributed by atoms with van der Waals surface area (Å²) in [5.41, 5.74) is 1.58. The van der Waals surface area contributed by atoms with Crippen molar-refractivity contribution in [2.75, 3.05) is 42.8 Å². The van der Waals surface area contributed by atoms with E-state index in [0.29, 0.717) is 25.4 Å². The Morgan fingerprint density at radius 1 is 1.13 bits per heavy atom. The van der Waals surface area contributed by atoms with Gasteiger partial charge in [-0.2, -0.15) is 0 Å². The second-order valence-electron chi connectivity index (χ2n) is 7.54. The number of anilines is 2. The van der Waals surface area contributed by atoms with Crippen molar-refractivity contribution in [3.63, 3.8) is 0 Å². The first kappa shape index (κ1) is 21.4. The number of benzene rings is 2. The smallest absolute Gasteiger partial charge is 0.321 e. The van der Waals surface area contributed by atoms with E-state index >= 15 is 0 Å². The topological polar surface area (TPSA) is 71.1 Å². The van der Waals surface area contributed by atoms with Gasteiger partial charge >= 0.3 is 6.03 Å². The molecule has 2 aromatic rings. The van der Waals surface area contributed by atoms with Crippen molar-refractivity contribution in [3.8, 4) is 11.5 Å². The SMILES string of the molecule is CCOc1ccc(NC(=O)N2CCC3(CC2)SCC(=O)N3c2cccc(OC)c2)cc1. The van der Waals surface area contributed by atoms with Gasteiger partial charge in [-0.15, -0.1) is 11.8 Å². The van der Waals surface area contributed by atoms with Crippen LogP contribution in [-0.2, 0) is 4.79 Å². The van der Waals surface area contributed by atoms with Gasteiger partial charge in [-0.1, -0.05) is 6.07 Å². The van der Waals surface area contributed by atoms with Crippen LogP contribution in [0.5, 0.6) is 11.5 Å². The van der Waals surface area contributed by atoms with E-state index < -0.39 is 0 Å². The highest BCUT2D eigenvalue weighted by atomic mass is 32.2. The maximum absolute atomic E-state index is 12.8. The third-order valence-corrected chi connectivity index (χ3v) is 7.20. The van der Waals surface area contributed by atoms with Gasteiger partial charge in [0.05, 0.1) is 24.3 Å². The number of likely N-dealkylation sites (tertiary alicyclic amines) is 1. The van der Waals surface area contributed by atoms with Crippen molar-refractivity contribution in [1.82, 2.24) is 4.90 Å². The number of carbonyl (C=O) groups excluding carboxylic acids is 2. The average molecular weight is 442 g/mol. The Kier molecular flexibility index (Phi) is 6.27. The minimum atomic E-state index is -0.320. The molecule has 0 atom stereocenters. The Morgan fingerprint density at radius 3 is 2.55 bits per heavy atom. The predicted molar refractivity (Wildman–Crippen MR) is 123 cm³/mol. The number of hydrogen-bond donors (Lipinski definition) is 1. The number of urea groups is 1. The van der Waals surface area contributed by atoms with E-state index in [1.54, 1.807) is 18.9 Å². The molecule has 31 heavy (non-hydrogen) atoms. The molecule has 2 aromatic carbocycles. The second-order valence-corrected chi connectivity index (χ2v) is 8.88. The molecule has 2 saturated heterocycles. The van der Waals surface area contributed by atoms with Gasteiger partial charge in [-0.25, -0.2) is 4.79 Å². The summed E-state index contributed by atoms with van der Waals surface area (Å²) in [4.78, 5) is 28.9. The van der Waals surface area contributed by atoms with Crippen molar-refractivity contribution in [1.29, 1.82) is 0 Å². The van der Waals surface area contributed by atoms with E-state index in [0.717, 1.165) is 35.7 Å². The van der Waals surface area contributed by atoms with Gasteiger partial charge in [-0.3, -0.25) is 9.69 Å². The number of carbonyl (C=O) groups is 2. The number of piperidine rings is 1.